The molecule has 1 heterocycles. The number of aromatic nitrogens is 1. The van der Waals surface area contributed by atoms with E-state index in [1.54, 1.807) is 24.4 Å². The van der Waals surface area contributed by atoms with Gasteiger partial charge in [-0.3, -0.25) is 14.6 Å². The Kier molecular flexibility index (Phi) is 7.43. The fraction of sp³-hybridized carbons (Fsp3) is 0.233. The second kappa shape index (κ2) is 10.7. The van der Waals surface area contributed by atoms with E-state index in [1.165, 1.54) is 24.8 Å². The predicted molar refractivity (Wildman–Crippen MR) is 142 cm³/mol. The largest absolute Gasteiger partial charge is 0.508 e. The first-order valence-corrected chi connectivity index (χ1v) is 12.0. The van der Waals surface area contributed by atoms with Gasteiger partial charge in [0, 0.05) is 11.6 Å². The zero-order chi connectivity index (χ0) is 26.6. The smallest absolute Gasteiger partial charge is 0.307 e. The van der Waals surface area contributed by atoms with Crippen LogP contribution < -0.4 is 10.1 Å². The van der Waals surface area contributed by atoms with E-state index in [2.05, 4.69) is 43.2 Å². The Balaban J connectivity index is 1.54. The number of carbonyl (C=O) groups is 2. The monoisotopic (exact) mass is 498 g/mol. The highest BCUT2D eigenvalue weighted by atomic mass is 16.5. The van der Waals surface area contributed by atoms with Gasteiger partial charge in [-0.25, -0.2) is 0 Å². The van der Waals surface area contributed by atoms with Gasteiger partial charge in [0.2, 0.25) is 0 Å². The lowest BCUT2D eigenvalue weighted by Crippen LogP contribution is -2.31. The molecule has 1 unspecified atom stereocenters. The maximum Gasteiger partial charge on any atom is 0.307 e. The van der Waals surface area contributed by atoms with Crippen molar-refractivity contribution in [2.45, 2.75) is 38.6 Å². The van der Waals surface area contributed by atoms with Gasteiger partial charge in [0.25, 0.3) is 5.91 Å². The van der Waals surface area contributed by atoms with Gasteiger partial charge in [-0.15, -0.1) is 0 Å². The van der Waals surface area contributed by atoms with Gasteiger partial charge in [0.05, 0.1) is 19.6 Å². The van der Waals surface area contributed by atoms with Crippen LogP contribution in [0.25, 0.3) is 10.8 Å². The van der Waals surface area contributed by atoms with Crippen molar-refractivity contribution in [2.24, 2.45) is 0 Å². The summed E-state index contributed by atoms with van der Waals surface area (Å²) in [6.07, 6.45) is 1.56. The number of nitrogens with one attached hydrogen (secondary N) is 1. The number of fused-ring (bicyclic) bond motifs is 1. The van der Waals surface area contributed by atoms with Crippen LogP contribution in [-0.4, -0.2) is 29.1 Å². The van der Waals surface area contributed by atoms with Crippen molar-refractivity contribution in [3.8, 4) is 17.2 Å². The summed E-state index contributed by atoms with van der Waals surface area (Å²) in [7, 11) is 1.29. The van der Waals surface area contributed by atoms with Gasteiger partial charge < -0.3 is 19.9 Å². The first kappa shape index (κ1) is 25.7. The van der Waals surface area contributed by atoms with Crippen LogP contribution >= 0.6 is 0 Å². The molecule has 3 aromatic carbocycles. The summed E-state index contributed by atoms with van der Waals surface area (Å²) >= 11 is 0. The zero-order valence-electron chi connectivity index (χ0n) is 21.3. The molecular formula is C30H30N2O5. The number of hydrogen-bond donors (Lipinski definition) is 2. The Morgan fingerprint density at radius 1 is 0.919 bits per heavy atom. The van der Waals surface area contributed by atoms with Crippen molar-refractivity contribution in [3.63, 3.8) is 0 Å². The molecule has 7 heteroatoms. The van der Waals surface area contributed by atoms with E-state index in [1.807, 2.05) is 30.3 Å². The third kappa shape index (κ3) is 6.44. The number of hydrogen-bond acceptors (Lipinski definition) is 6. The molecule has 7 nitrogen and oxygen atoms in total. The lowest BCUT2D eigenvalue weighted by molar-refractivity contribution is -0.141. The van der Waals surface area contributed by atoms with E-state index in [0.29, 0.717) is 11.3 Å². The van der Waals surface area contributed by atoms with Gasteiger partial charge >= 0.3 is 5.97 Å². The highest BCUT2D eigenvalue weighted by molar-refractivity contribution is 5.97. The molecule has 1 atom stereocenters. The quantitative estimate of drug-likeness (QED) is 0.300. The average molecular weight is 499 g/mol. The SMILES string of the molecule is COC(=O)CC(NC(=O)c1cc2cc(Oc3ccc(C(C)(C)C)cc3)ccc2cn1)c1ccc(O)cc1. The van der Waals surface area contributed by atoms with Crippen molar-refractivity contribution in [1.82, 2.24) is 10.3 Å². The van der Waals surface area contributed by atoms with Crippen LogP contribution in [0.2, 0.25) is 0 Å². The highest BCUT2D eigenvalue weighted by Gasteiger charge is 2.21. The Bertz CT molecular complexity index is 1410. The predicted octanol–water partition coefficient (Wildman–Crippen LogP) is 6.06. The standard InChI is InChI=1S/C30H30N2O5/c1-30(2,3)22-8-13-24(14-9-22)37-25-12-7-20-18-31-27(16-21(20)15-25)29(35)32-26(17-28(34)36-4)19-5-10-23(33)11-6-19/h5-16,18,26,33H,17H2,1-4H3,(H,32,35). The Morgan fingerprint density at radius 3 is 2.24 bits per heavy atom. The summed E-state index contributed by atoms with van der Waals surface area (Å²) in [6, 6.07) is 20.9. The number of phenols is 1. The van der Waals surface area contributed by atoms with Crippen molar-refractivity contribution >= 4 is 22.6 Å². The van der Waals surface area contributed by atoms with Gasteiger partial charge in [-0.05, 0) is 70.5 Å². The molecule has 1 amide bonds. The number of rotatable bonds is 7. The number of esters is 1. The van der Waals surface area contributed by atoms with E-state index in [9.17, 15) is 14.7 Å². The Labute approximate surface area is 216 Å². The van der Waals surface area contributed by atoms with E-state index < -0.39 is 17.9 Å². The number of ether oxygens (including phenoxy) is 2. The molecule has 37 heavy (non-hydrogen) atoms. The molecule has 4 rings (SSSR count). The van der Waals surface area contributed by atoms with Gasteiger partial charge in [-0.1, -0.05) is 45.0 Å². The molecule has 0 aliphatic rings. The van der Waals surface area contributed by atoms with Crippen LogP contribution in [0.3, 0.4) is 0 Å². The molecule has 2 N–H and O–H groups in total. The third-order valence-corrected chi connectivity index (χ3v) is 6.08. The summed E-state index contributed by atoms with van der Waals surface area (Å²) in [5.41, 5.74) is 2.14. The topological polar surface area (TPSA) is 97.8 Å². The zero-order valence-corrected chi connectivity index (χ0v) is 21.3. The Morgan fingerprint density at radius 2 is 1.59 bits per heavy atom. The fourth-order valence-electron chi connectivity index (χ4n) is 3.91. The van der Waals surface area contributed by atoms with Gasteiger partial charge in [0.1, 0.15) is 22.9 Å². The molecule has 0 saturated carbocycles. The summed E-state index contributed by atoms with van der Waals surface area (Å²) in [4.78, 5) is 29.4. The minimum Gasteiger partial charge on any atom is -0.508 e. The van der Waals surface area contributed by atoms with Crippen LogP contribution in [0.15, 0.2) is 79.0 Å². The number of pyridine rings is 1. The van der Waals surface area contributed by atoms with Crippen molar-refractivity contribution in [2.75, 3.05) is 7.11 Å². The average Bonchev–Trinajstić information content (AvgIpc) is 2.88. The minimum atomic E-state index is -0.649. The van der Waals surface area contributed by atoms with E-state index in [4.69, 9.17) is 9.47 Å². The van der Waals surface area contributed by atoms with E-state index in [0.717, 1.165) is 16.5 Å². The summed E-state index contributed by atoms with van der Waals surface area (Å²) in [5, 5.41) is 14.1. The summed E-state index contributed by atoms with van der Waals surface area (Å²) in [6.45, 7) is 6.49. The molecule has 0 radical (unpaired) electrons. The third-order valence-electron chi connectivity index (χ3n) is 6.08. The van der Waals surface area contributed by atoms with Crippen LogP contribution in [0, 0.1) is 0 Å². The molecule has 0 bridgehead atoms. The number of aromatic hydroxyl groups is 1. The number of amides is 1. The van der Waals surface area contributed by atoms with Crippen LogP contribution in [0.5, 0.6) is 17.2 Å². The highest BCUT2D eigenvalue weighted by Crippen LogP contribution is 2.29. The van der Waals surface area contributed by atoms with E-state index >= 15 is 0 Å². The van der Waals surface area contributed by atoms with Crippen molar-refractivity contribution < 1.29 is 24.2 Å². The number of methoxy groups -OCH3 is 1. The molecule has 190 valence electrons. The molecule has 0 aliphatic heterocycles. The number of phenolic OH excluding ortho intramolecular Hbond substituents is 1. The lowest BCUT2D eigenvalue weighted by atomic mass is 9.87. The van der Waals surface area contributed by atoms with Gasteiger partial charge in [0.15, 0.2) is 0 Å². The summed E-state index contributed by atoms with van der Waals surface area (Å²) in [5.74, 6) is 0.543. The fourth-order valence-corrected chi connectivity index (χ4v) is 3.91. The second-order valence-corrected chi connectivity index (χ2v) is 9.85. The first-order valence-electron chi connectivity index (χ1n) is 12.0. The van der Waals surface area contributed by atoms with Crippen molar-refractivity contribution in [3.05, 3.63) is 95.8 Å². The Hall–Kier alpha value is -4.39. The minimum absolute atomic E-state index is 0.0591. The second-order valence-electron chi connectivity index (χ2n) is 9.85. The molecular weight excluding hydrogens is 468 g/mol. The molecule has 0 saturated heterocycles. The normalized spacial score (nSPS) is 12.1. The number of carbonyl (C=O) groups excluding carboxylic acids is 2. The number of benzene rings is 3. The molecule has 4 aromatic rings. The molecule has 0 fully saturated rings. The molecule has 1 aromatic heterocycles. The number of nitrogens with zero attached hydrogens (tertiary/aromatic N) is 1. The van der Waals surface area contributed by atoms with Gasteiger partial charge in [-0.2, -0.15) is 0 Å². The molecule has 0 spiro atoms. The maximum atomic E-state index is 13.1. The van der Waals surface area contributed by atoms with Crippen LogP contribution in [-0.2, 0) is 14.9 Å². The summed E-state index contributed by atoms with van der Waals surface area (Å²) < 4.78 is 10.8. The first-order chi connectivity index (χ1) is 17.6. The lowest BCUT2D eigenvalue weighted by Gasteiger charge is -2.19. The van der Waals surface area contributed by atoms with Crippen molar-refractivity contribution in [1.29, 1.82) is 0 Å². The maximum absolute atomic E-state index is 13.1. The van der Waals surface area contributed by atoms with Crippen LogP contribution in [0.1, 0.15) is 54.8 Å². The molecule has 0 aliphatic carbocycles. The van der Waals surface area contributed by atoms with E-state index in [-0.39, 0.29) is 23.3 Å². The van der Waals surface area contributed by atoms with Crippen LogP contribution in [0.4, 0.5) is 0 Å².